The van der Waals surface area contributed by atoms with E-state index in [1.807, 2.05) is 67.6 Å². The summed E-state index contributed by atoms with van der Waals surface area (Å²) in [4.78, 5) is 13.4. The third kappa shape index (κ3) is 3.89. The van der Waals surface area contributed by atoms with Gasteiger partial charge in [-0.05, 0) is 52.1 Å². The Balaban J connectivity index is 1.59. The Morgan fingerprint density at radius 3 is 2.42 bits per heavy atom. The van der Waals surface area contributed by atoms with E-state index in [-0.39, 0.29) is 6.61 Å². The van der Waals surface area contributed by atoms with Crippen molar-refractivity contribution in [3.05, 3.63) is 107 Å². The lowest BCUT2D eigenvalue weighted by molar-refractivity contribution is -0.140. The molecule has 1 atom stereocenters. The van der Waals surface area contributed by atoms with Crippen molar-refractivity contribution in [3.63, 3.8) is 0 Å². The van der Waals surface area contributed by atoms with Crippen molar-refractivity contribution in [2.24, 2.45) is 0 Å². The Morgan fingerprint density at radius 2 is 1.64 bits per heavy atom. The van der Waals surface area contributed by atoms with Crippen LogP contribution in [0.1, 0.15) is 29.7 Å². The number of aryl methyl sites for hydroxylation is 1. The number of nitrogens with zero attached hydrogens (tertiary/aromatic N) is 4. The fourth-order valence-corrected chi connectivity index (χ4v) is 4.22. The van der Waals surface area contributed by atoms with E-state index in [2.05, 4.69) is 46.0 Å². The van der Waals surface area contributed by atoms with Crippen LogP contribution in [0.3, 0.4) is 0 Å². The molecule has 1 aromatic heterocycles. The molecule has 2 heterocycles. The molecule has 0 aliphatic carbocycles. The zero-order valence-electron chi connectivity index (χ0n) is 18.4. The molecule has 3 aromatic carbocycles. The molecule has 1 aliphatic heterocycles. The molecule has 164 valence electrons. The highest BCUT2D eigenvalue weighted by Crippen LogP contribution is 2.40. The molecule has 0 bridgehead atoms. The summed E-state index contributed by atoms with van der Waals surface area (Å²) >= 11 is 0. The highest BCUT2D eigenvalue weighted by molar-refractivity contribution is 5.93. The lowest BCUT2D eigenvalue weighted by Crippen LogP contribution is -2.30. The van der Waals surface area contributed by atoms with Crippen molar-refractivity contribution >= 4 is 11.9 Å². The first-order valence-corrected chi connectivity index (χ1v) is 10.7. The number of rotatable bonds is 5. The van der Waals surface area contributed by atoms with E-state index < -0.39 is 12.0 Å². The quantitative estimate of drug-likeness (QED) is 0.457. The molecular weight excluding hydrogens is 414 g/mol. The Labute approximate surface area is 191 Å². The molecule has 7 nitrogen and oxygen atoms in total. The number of esters is 1. The molecule has 0 amide bonds. The zero-order chi connectivity index (χ0) is 22.8. The number of anilines is 1. The third-order valence-corrected chi connectivity index (χ3v) is 5.84. The number of carbonyl (C=O) groups is 1. The van der Waals surface area contributed by atoms with Crippen LogP contribution in [0.2, 0.25) is 0 Å². The Morgan fingerprint density at radius 1 is 0.939 bits per heavy atom. The lowest BCUT2D eigenvalue weighted by atomic mass is 9.88. The summed E-state index contributed by atoms with van der Waals surface area (Å²) in [6.07, 6.45) is 0. The molecule has 1 aliphatic rings. The van der Waals surface area contributed by atoms with Gasteiger partial charge in [-0.2, -0.15) is 4.68 Å². The van der Waals surface area contributed by atoms with Gasteiger partial charge in [0.15, 0.2) is 0 Å². The minimum absolute atomic E-state index is 0.186. The third-order valence-electron chi connectivity index (χ3n) is 5.84. The van der Waals surface area contributed by atoms with E-state index in [0.29, 0.717) is 17.2 Å². The highest BCUT2D eigenvalue weighted by atomic mass is 16.5. The summed E-state index contributed by atoms with van der Waals surface area (Å²) in [5.41, 5.74) is 6.25. The summed E-state index contributed by atoms with van der Waals surface area (Å²) < 4.78 is 7.37. The second-order valence-electron chi connectivity index (χ2n) is 7.98. The summed E-state index contributed by atoms with van der Waals surface area (Å²) in [5, 5.41) is 15.3. The number of hydrogen-bond acceptors (Lipinski definition) is 6. The van der Waals surface area contributed by atoms with Crippen LogP contribution < -0.4 is 5.32 Å². The van der Waals surface area contributed by atoms with Crippen LogP contribution in [-0.2, 0) is 16.1 Å². The SMILES string of the molecule is CC1=C(C(=O)OCc2ccccc2)C(c2ccccc2-c2ccccc2C)n2nnnc2N1. The number of aromatic nitrogens is 4. The van der Waals surface area contributed by atoms with Gasteiger partial charge in [0.25, 0.3) is 0 Å². The molecule has 7 heteroatoms. The number of hydrogen-bond donors (Lipinski definition) is 1. The van der Waals surface area contributed by atoms with Gasteiger partial charge in [0.05, 0.1) is 5.57 Å². The molecule has 4 aromatic rings. The number of nitrogens with one attached hydrogen (secondary N) is 1. The number of tetrazole rings is 1. The predicted molar refractivity (Wildman–Crippen MR) is 125 cm³/mol. The molecule has 5 rings (SSSR count). The first-order valence-electron chi connectivity index (χ1n) is 10.7. The standard InChI is InChI=1S/C26H23N5O2/c1-17-10-6-7-13-20(17)21-14-8-9-15-22(21)24-23(18(2)27-26-28-29-30-31(24)26)25(32)33-16-19-11-4-3-5-12-19/h3-15,24H,16H2,1-2H3,(H,27,28,30). The Hall–Kier alpha value is -4.26. The van der Waals surface area contributed by atoms with Gasteiger partial charge in [0.2, 0.25) is 5.95 Å². The summed E-state index contributed by atoms with van der Waals surface area (Å²) in [6, 6.07) is 25.3. The number of ether oxygens (including phenoxy) is 1. The summed E-state index contributed by atoms with van der Waals surface area (Å²) in [7, 11) is 0. The van der Waals surface area contributed by atoms with Crippen LogP contribution in [0.15, 0.2) is 90.1 Å². The fraction of sp³-hybridized carbons (Fsp3) is 0.154. The average molecular weight is 438 g/mol. The van der Waals surface area contributed by atoms with Crippen LogP contribution in [0.5, 0.6) is 0 Å². The summed E-state index contributed by atoms with van der Waals surface area (Å²) in [6.45, 7) is 4.11. The Bertz CT molecular complexity index is 1340. The minimum Gasteiger partial charge on any atom is -0.457 e. The van der Waals surface area contributed by atoms with Gasteiger partial charge >= 0.3 is 5.97 Å². The van der Waals surface area contributed by atoms with E-state index in [4.69, 9.17) is 4.74 Å². The van der Waals surface area contributed by atoms with Crippen LogP contribution in [0.25, 0.3) is 11.1 Å². The molecule has 0 radical (unpaired) electrons. The summed E-state index contributed by atoms with van der Waals surface area (Å²) in [5.74, 6) is 0.0753. The fourth-order valence-electron chi connectivity index (χ4n) is 4.22. The molecular formula is C26H23N5O2. The van der Waals surface area contributed by atoms with Crippen LogP contribution >= 0.6 is 0 Å². The van der Waals surface area contributed by atoms with E-state index in [9.17, 15) is 4.79 Å². The molecule has 33 heavy (non-hydrogen) atoms. The van der Waals surface area contributed by atoms with Crippen molar-refractivity contribution in [2.45, 2.75) is 26.5 Å². The Kier molecular flexibility index (Phi) is 5.44. The van der Waals surface area contributed by atoms with Gasteiger partial charge < -0.3 is 10.1 Å². The molecule has 0 saturated carbocycles. The highest BCUT2D eigenvalue weighted by Gasteiger charge is 2.36. The average Bonchev–Trinajstić information content (AvgIpc) is 3.31. The van der Waals surface area contributed by atoms with E-state index in [1.165, 1.54) is 0 Å². The molecule has 1 N–H and O–H groups in total. The van der Waals surface area contributed by atoms with Crippen molar-refractivity contribution in [1.29, 1.82) is 0 Å². The van der Waals surface area contributed by atoms with E-state index in [0.717, 1.165) is 27.8 Å². The molecule has 0 fully saturated rings. The molecule has 1 unspecified atom stereocenters. The van der Waals surface area contributed by atoms with Crippen LogP contribution in [-0.4, -0.2) is 26.2 Å². The van der Waals surface area contributed by atoms with Crippen molar-refractivity contribution in [1.82, 2.24) is 20.2 Å². The topological polar surface area (TPSA) is 81.9 Å². The van der Waals surface area contributed by atoms with E-state index >= 15 is 0 Å². The lowest BCUT2D eigenvalue weighted by Gasteiger charge is -2.29. The van der Waals surface area contributed by atoms with Gasteiger partial charge in [-0.15, -0.1) is 0 Å². The number of allylic oxidation sites excluding steroid dienone is 1. The van der Waals surface area contributed by atoms with Gasteiger partial charge in [-0.25, -0.2) is 4.79 Å². The maximum Gasteiger partial charge on any atom is 0.338 e. The maximum atomic E-state index is 13.4. The molecule has 0 spiro atoms. The second-order valence-corrected chi connectivity index (χ2v) is 7.98. The first kappa shape index (κ1) is 20.6. The zero-order valence-corrected chi connectivity index (χ0v) is 18.4. The largest absolute Gasteiger partial charge is 0.457 e. The van der Waals surface area contributed by atoms with Crippen LogP contribution in [0.4, 0.5) is 5.95 Å². The minimum atomic E-state index is -0.532. The first-order chi connectivity index (χ1) is 16.1. The van der Waals surface area contributed by atoms with Crippen molar-refractivity contribution < 1.29 is 9.53 Å². The van der Waals surface area contributed by atoms with Gasteiger partial charge in [-0.1, -0.05) is 84.0 Å². The van der Waals surface area contributed by atoms with Gasteiger partial charge in [0.1, 0.15) is 12.6 Å². The van der Waals surface area contributed by atoms with Crippen molar-refractivity contribution in [2.75, 3.05) is 5.32 Å². The van der Waals surface area contributed by atoms with Gasteiger partial charge in [0, 0.05) is 5.70 Å². The van der Waals surface area contributed by atoms with E-state index in [1.54, 1.807) is 4.68 Å². The normalized spacial score (nSPS) is 15.0. The monoisotopic (exact) mass is 437 g/mol. The number of carbonyl (C=O) groups excluding carboxylic acids is 1. The van der Waals surface area contributed by atoms with Crippen LogP contribution in [0, 0.1) is 6.92 Å². The molecule has 0 saturated heterocycles. The maximum absolute atomic E-state index is 13.4. The van der Waals surface area contributed by atoms with Gasteiger partial charge in [-0.3, -0.25) is 0 Å². The van der Waals surface area contributed by atoms with Crippen molar-refractivity contribution in [3.8, 4) is 11.1 Å². The second kappa shape index (κ2) is 8.70. The predicted octanol–water partition coefficient (Wildman–Crippen LogP) is 4.68. The smallest absolute Gasteiger partial charge is 0.338 e. The number of benzene rings is 3. The number of fused-ring (bicyclic) bond motifs is 1.